The Morgan fingerprint density at radius 1 is 1.14 bits per heavy atom. The fourth-order valence-electron chi connectivity index (χ4n) is 1.14. The Hall–Kier alpha value is -0.363. The molecule has 0 saturated carbocycles. The highest BCUT2D eigenvalue weighted by Crippen LogP contribution is 2.38. The summed E-state index contributed by atoms with van der Waals surface area (Å²) in [6.45, 7) is -0.797. The van der Waals surface area contributed by atoms with Crippen LogP contribution in [0.1, 0.15) is 0 Å². The summed E-state index contributed by atoms with van der Waals surface area (Å²) in [4.78, 5) is 23.1. The lowest BCUT2D eigenvalue weighted by atomic mass is 10.7. The van der Waals surface area contributed by atoms with Crippen molar-refractivity contribution in [3.63, 3.8) is 0 Å². The lowest BCUT2D eigenvalue weighted by Crippen LogP contribution is -2.53. The molecule has 0 rings (SSSR count). The molecule has 0 aliphatic rings. The number of quaternary nitrogens is 1. The molecule has 10 nitrogen and oxygen atoms in total. The smallest absolute Gasteiger partial charge is 0.520 e. The average molecular weight is 360 g/mol. The molecule has 0 aliphatic carbocycles. The second-order valence-corrected chi connectivity index (χ2v) is 9.70. The third-order valence-electron chi connectivity index (χ3n) is 2.39. The molecule has 0 radical (unpaired) electrons. The first-order valence-electron chi connectivity index (χ1n) is 6.32. The predicted molar refractivity (Wildman–Crippen MR) is 77.3 cm³/mol. The minimum absolute atomic E-state index is 0.0123. The maximum absolute atomic E-state index is 11.6. The van der Waals surface area contributed by atoms with E-state index in [2.05, 4.69) is 14.4 Å². The lowest BCUT2D eigenvalue weighted by molar-refractivity contribution is -0.887. The minimum atomic E-state index is -4.54. The zero-order valence-corrected chi connectivity index (χ0v) is 15.7. The van der Waals surface area contributed by atoms with Gasteiger partial charge in [-0.15, -0.1) is 0 Å². The van der Waals surface area contributed by atoms with Gasteiger partial charge in [-0.3, -0.25) is 13.9 Å². The van der Waals surface area contributed by atoms with Crippen LogP contribution in [-0.4, -0.2) is 81.2 Å². The van der Waals surface area contributed by atoms with Gasteiger partial charge in [-0.25, -0.2) is 0 Å². The van der Waals surface area contributed by atoms with Crippen LogP contribution in [0.2, 0.25) is 0 Å². The Balaban J connectivity index is 4.25. The van der Waals surface area contributed by atoms with E-state index in [0.717, 1.165) is 0 Å². The van der Waals surface area contributed by atoms with Crippen LogP contribution in [0.15, 0.2) is 0 Å². The van der Waals surface area contributed by atoms with Crippen molar-refractivity contribution >= 4 is 22.5 Å². The molecule has 0 aromatic carbocycles. The highest BCUT2D eigenvalue weighted by molar-refractivity contribution is 7.45. The zero-order chi connectivity index (χ0) is 17.4. The largest absolute Gasteiger partial charge is 0.756 e. The molecule has 1 unspecified atom stereocenters. The third kappa shape index (κ3) is 8.93. The zero-order valence-electron chi connectivity index (χ0n) is 13.8. The van der Waals surface area contributed by atoms with Gasteiger partial charge in [-0.1, -0.05) is 0 Å². The molecule has 0 heterocycles. The molecule has 132 valence electrons. The molecule has 0 aromatic rings. The third-order valence-corrected chi connectivity index (χ3v) is 5.74. The number of carbonyl (C=O) groups excluding carboxylic acids is 1. The van der Waals surface area contributed by atoms with Gasteiger partial charge in [0.15, 0.2) is 6.73 Å². The van der Waals surface area contributed by atoms with Gasteiger partial charge < -0.3 is 32.5 Å². The van der Waals surface area contributed by atoms with Crippen LogP contribution in [0.25, 0.3) is 0 Å². The van der Waals surface area contributed by atoms with Gasteiger partial charge in [0.05, 0.1) is 27.3 Å². The number of phosphoric ester groups is 1. The maximum atomic E-state index is 11.6. The van der Waals surface area contributed by atoms with Crippen LogP contribution < -0.4 is 10.2 Å². The van der Waals surface area contributed by atoms with E-state index in [0.29, 0.717) is 0 Å². The molecule has 1 amide bonds. The van der Waals surface area contributed by atoms with Gasteiger partial charge in [-0.05, 0) is 0 Å². The first-order chi connectivity index (χ1) is 9.99. The molecule has 22 heavy (non-hydrogen) atoms. The predicted octanol–water partition coefficient (Wildman–Crippen LogP) is -1.31. The summed E-state index contributed by atoms with van der Waals surface area (Å²) in [6.07, 6.45) is -0.0123. The van der Waals surface area contributed by atoms with Crippen LogP contribution in [0.4, 0.5) is 0 Å². The van der Waals surface area contributed by atoms with E-state index >= 15 is 0 Å². The Labute approximate surface area is 131 Å². The molecule has 12 heteroatoms. The molecular weight excluding hydrogens is 335 g/mol. The van der Waals surface area contributed by atoms with Crippen LogP contribution in [0, 0.1) is 0 Å². The van der Waals surface area contributed by atoms with E-state index in [9.17, 15) is 14.3 Å². The number of nitrogens with zero attached hydrogens (tertiary/aromatic N) is 1. The number of hydrogen-bond acceptors (Lipinski definition) is 8. The van der Waals surface area contributed by atoms with Crippen molar-refractivity contribution in [1.29, 1.82) is 0 Å². The van der Waals surface area contributed by atoms with Gasteiger partial charge in [0.1, 0.15) is 6.61 Å². The molecule has 1 N–H and O–H groups in total. The van der Waals surface area contributed by atoms with Crippen LogP contribution in [-0.2, 0) is 31.7 Å². The normalized spacial score (nSPS) is 15.4. The summed E-state index contributed by atoms with van der Waals surface area (Å²) in [7, 11) is 1.93. The lowest BCUT2D eigenvalue weighted by Gasteiger charge is -2.29. The summed E-state index contributed by atoms with van der Waals surface area (Å²) in [5.74, 6) is -0.659. The van der Waals surface area contributed by atoms with Gasteiger partial charge in [0, 0.05) is 21.3 Å². The topological polar surface area (TPSA) is 115 Å². The molecule has 0 fully saturated rings. The quantitative estimate of drug-likeness (QED) is 0.209. The number of carbonyl (C=O) groups is 1. The van der Waals surface area contributed by atoms with E-state index in [-0.39, 0.29) is 17.4 Å². The van der Waals surface area contributed by atoms with E-state index in [1.54, 1.807) is 21.1 Å². The minimum Gasteiger partial charge on any atom is -0.756 e. The summed E-state index contributed by atoms with van der Waals surface area (Å²) in [6, 6.07) is 0. The summed E-state index contributed by atoms with van der Waals surface area (Å²) >= 11 is 0. The van der Waals surface area contributed by atoms with Crippen molar-refractivity contribution in [1.82, 2.24) is 5.32 Å². The molecule has 0 aliphatic heterocycles. The Bertz CT molecular complexity index is 391. The van der Waals surface area contributed by atoms with Crippen molar-refractivity contribution in [2.45, 2.75) is 0 Å². The van der Waals surface area contributed by atoms with Crippen molar-refractivity contribution in [3.8, 4) is 0 Å². The fraction of sp³-hybridized carbons (Fsp3) is 0.900. The SMILES string of the molecule is CO[Si](CNC(=O)COP(=O)([O-])OC[N+](C)(C)C)(OC)OC. The van der Waals surface area contributed by atoms with Crippen molar-refractivity contribution in [2.24, 2.45) is 0 Å². The Morgan fingerprint density at radius 2 is 1.64 bits per heavy atom. The van der Waals surface area contributed by atoms with Crippen molar-refractivity contribution in [2.75, 3.05) is 62.0 Å². The van der Waals surface area contributed by atoms with Gasteiger partial charge in [-0.2, -0.15) is 0 Å². The van der Waals surface area contributed by atoms with Crippen LogP contribution in [0.3, 0.4) is 0 Å². The van der Waals surface area contributed by atoms with E-state index in [4.69, 9.17) is 13.3 Å². The molecule has 0 spiro atoms. The molecule has 0 saturated heterocycles. The Morgan fingerprint density at radius 3 is 2.05 bits per heavy atom. The van der Waals surface area contributed by atoms with Crippen LogP contribution in [0.5, 0.6) is 0 Å². The molecule has 0 bridgehead atoms. The summed E-state index contributed by atoms with van der Waals surface area (Å²) < 4.78 is 36.2. The summed E-state index contributed by atoms with van der Waals surface area (Å²) in [5, 5.41) is 2.42. The fourth-order valence-corrected chi connectivity index (χ4v) is 3.33. The number of hydrogen-bond donors (Lipinski definition) is 1. The first-order valence-corrected chi connectivity index (χ1v) is 9.71. The monoisotopic (exact) mass is 360 g/mol. The number of rotatable bonds is 11. The van der Waals surface area contributed by atoms with Gasteiger partial charge in [0.25, 0.3) is 7.82 Å². The number of phosphoric acid groups is 1. The maximum Gasteiger partial charge on any atom is 0.520 e. The van der Waals surface area contributed by atoms with Crippen LogP contribution >= 0.6 is 7.82 Å². The molecular formula is C10H25N2O8PSi. The second kappa shape index (κ2) is 9.06. The highest BCUT2D eigenvalue weighted by Gasteiger charge is 2.38. The van der Waals surface area contributed by atoms with E-state index < -0.39 is 29.1 Å². The van der Waals surface area contributed by atoms with Crippen molar-refractivity contribution in [3.05, 3.63) is 0 Å². The Kier molecular flexibility index (Phi) is 8.91. The number of amides is 1. The van der Waals surface area contributed by atoms with Gasteiger partial charge in [0.2, 0.25) is 5.91 Å². The van der Waals surface area contributed by atoms with Crippen molar-refractivity contribution < 1.29 is 41.1 Å². The molecule has 1 atom stereocenters. The second-order valence-electron chi connectivity index (χ2n) is 5.34. The van der Waals surface area contributed by atoms with E-state index in [1.807, 2.05) is 0 Å². The summed E-state index contributed by atoms with van der Waals surface area (Å²) in [5.41, 5.74) is 0. The first kappa shape index (κ1) is 21.6. The molecule has 0 aromatic heterocycles. The van der Waals surface area contributed by atoms with E-state index in [1.165, 1.54) is 21.3 Å². The average Bonchev–Trinajstić information content (AvgIpc) is 2.45. The standard InChI is InChI=1S/C10H25N2O8PSi/c1-12(2,3)9-20-21(14,15)19-7-10(13)11-8-22(16-4,17-5)18-6/h7-9H2,1-6H3,(H-,11,13,14,15). The highest BCUT2D eigenvalue weighted by atomic mass is 31.2. The van der Waals surface area contributed by atoms with Gasteiger partial charge >= 0.3 is 8.80 Å². The number of nitrogens with one attached hydrogen (secondary N) is 1.